The molecule has 0 saturated carbocycles. The lowest BCUT2D eigenvalue weighted by Crippen LogP contribution is -2.24. The van der Waals surface area contributed by atoms with E-state index in [2.05, 4.69) is 15.9 Å². The van der Waals surface area contributed by atoms with Crippen LogP contribution in [0.2, 0.25) is 0 Å². The Hall–Kier alpha value is -0.680. The number of ether oxygens (including phenoxy) is 1. The molecule has 0 heterocycles. The normalized spacial score (nSPS) is 11.3. The average molecular weight is 306 g/mol. The summed E-state index contributed by atoms with van der Waals surface area (Å²) in [4.78, 5) is 0.146. The van der Waals surface area contributed by atoms with Gasteiger partial charge in [0.2, 0.25) is 0 Å². The first-order chi connectivity index (χ1) is 7.22. The van der Waals surface area contributed by atoms with Crippen LogP contribution in [0.5, 0.6) is 5.75 Å². The summed E-state index contributed by atoms with van der Waals surface area (Å²) < 4.78 is 19.6. The number of benzene rings is 1. The van der Waals surface area contributed by atoms with Gasteiger partial charge in [-0.2, -0.15) is 0 Å². The van der Waals surface area contributed by atoms with Crippen LogP contribution in [0.1, 0.15) is 26.3 Å². The second-order valence-electron chi connectivity index (χ2n) is 4.32. The first-order valence-corrected chi connectivity index (χ1v) is 5.89. The standard InChI is InChI=1S/C11H13BrFNOS/c1-11(2,3)15-7-5-4-6(10(14)16)8(12)9(7)13/h4-5H,1-3H3,(H2,14,16). The molecule has 0 unspecified atom stereocenters. The van der Waals surface area contributed by atoms with Gasteiger partial charge >= 0.3 is 0 Å². The van der Waals surface area contributed by atoms with Crippen LogP contribution >= 0.6 is 28.1 Å². The van der Waals surface area contributed by atoms with Crippen molar-refractivity contribution in [1.82, 2.24) is 0 Å². The number of hydrogen-bond acceptors (Lipinski definition) is 2. The van der Waals surface area contributed by atoms with Gasteiger partial charge in [0.1, 0.15) is 10.6 Å². The molecule has 16 heavy (non-hydrogen) atoms. The van der Waals surface area contributed by atoms with Crippen LogP contribution in [0.25, 0.3) is 0 Å². The summed E-state index contributed by atoms with van der Waals surface area (Å²) in [5, 5.41) is 0. The highest BCUT2D eigenvalue weighted by molar-refractivity contribution is 9.10. The molecule has 0 bridgehead atoms. The van der Waals surface area contributed by atoms with E-state index < -0.39 is 11.4 Å². The summed E-state index contributed by atoms with van der Waals surface area (Å²) in [6, 6.07) is 3.16. The maximum atomic E-state index is 13.9. The smallest absolute Gasteiger partial charge is 0.179 e. The predicted octanol–water partition coefficient (Wildman–Crippen LogP) is 3.40. The van der Waals surface area contributed by atoms with E-state index in [1.54, 1.807) is 6.07 Å². The van der Waals surface area contributed by atoms with Crippen molar-refractivity contribution in [3.05, 3.63) is 28.0 Å². The monoisotopic (exact) mass is 305 g/mol. The maximum Gasteiger partial charge on any atom is 0.179 e. The fraction of sp³-hybridized carbons (Fsp3) is 0.364. The zero-order valence-corrected chi connectivity index (χ0v) is 11.7. The molecule has 2 N–H and O–H groups in total. The summed E-state index contributed by atoms with van der Waals surface area (Å²) in [5.41, 5.74) is 5.47. The third-order valence-electron chi connectivity index (χ3n) is 1.73. The highest BCUT2D eigenvalue weighted by atomic mass is 79.9. The van der Waals surface area contributed by atoms with E-state index in [9.17, 15) is 4.39 Å². The van der Waals surface area contributed by atoms with E-state index in [1.165, 1.54) is 6.07 Å². The summed E-state index contributed by atoms with van der Waals surface area (Å²) in [6.45, 7) is 5.55. The van der Waals surface area contributed by atoms with E-state index in [0.717, 1.165) is 0 Å². The van der Waals surface area contributed by atoms with Crippen LogP contribution in [0, 0.1) is 5.82 Å². The molecule has 1 rings (SSSR count). The van der Waals surface area contributed by atoms with Crippen molar-refractivity contribution in [2.24, 2.45) is 5.73 Å². The van der Waals surface area contributed by atoms with E-state index in [1.807, 2.05) is 20.8 Å². The van der Waals surface area contributed by atoms with Crippen LogP contribution in [0.4, 0.5) is 4.39 Å². The molecular formula is C11H13BrFNOS. The molecule has 0 aliphatic rings. The van der Waals surface area contributed by atoms with E-state index in [4.69, 9.17) is 22.7 Å². The average Bonchev–Trinajstić information content (AvgIpc) is 2.10. The summed E-state index contributed by atoms with van der Waals surface area (Å²) in [6.07, 6.45) is 0. The molecule has 0 aliphatic heterocycles. The Balaban J connectivity index is 3.17. The van der Waals surface area contributed by atoms with Gasteiger partial charge in [0, 0.05) is 5.56 Å². The van der Waals surface area contributed by atoms with Crippen LogP contribution in [-0.2, 0) is 0 Å². The molecular weight excluding hydrogens is 293 g/mol. The molecule has 0 atom stereocenters. The van der Waals surface area contributed by atoms with Gasteiger partial charge in [0.05, 0.1) is 4.47 Å². The van der Waals surface area contributed by atoms with Crippen LogP contribution in [0.3, 0.4) is 0 Å². The third-order valence-corrected chi connectivity index (χ3v) is 2.72. The molecule has 1 aromatic carbocycles. The number of hydrogen-bond donors (Lipinski definition) is 1. The Morgan fingerprint density at radius 1 is 1.44 bits per heavy atom. The Kier molecular flexibility index (Phi) is 3.91. The fourth-order valence-corrected chi connectivity index (χ4v) is 1.97. The van der Waals surface area contributed by atoms with Crippen LogP contribution < -0.4 is 10.5 Å². The van der Waals surface area contributed by atoms with Crippen LogP contribution in [0.15, 0.2) is 16.6 Å². The van der Waals surface area contributed by atoms with Crippen LogP contribution in [-0.4, -0.2) is 10.6 Å². The van der Waals surface area contributed by atoms with E-state index >= 15 is 0 Å². The topological polar surface area (TPSA) is 35.2 Å². The number of rotatable bonds is 2. The lowest BCUT2D eigenvalue weighted by atomic mass is 10.1. The molecule has 0 fully saturated rings. The van der Waals surface area contributed by atoms with Crippen molar-refractivity contribution in [3.63, 3.8) is 0 Å². The van der Waals surface area contributed by atoms with Gasteiger partial charge in [-0.05, 0) is 48.8 Å². The van der Waals surface area contributed by atoms with Crippen molar-refractivity contribution in [3.8, 4) is 5.75 Å². The minimum atomic E-state index is -0.486. The molecule has 1 aromatic rings. The van der Waals surface area contributed by atoms with Gasteiger partial charge in [-0.3, -0.25) is 0 Å². The molecule has 2 nitrogen and oxygen atoms in total. The van der Waals surface area contributed by atoms with E-state index in [-0.39, 0.29) is 15.2 Å². The lowest BCUT2D eigenvalue weighted by Gasteiger charge is -2.22. The first kappa shape index (κ1) is 13.4. The number of thiocarbonyl (C=S) groups is 1. The van der Waals surface area contributed by atoms with Crippen molar-refractivity contribution in [1.29, 1.82) is 0 Å². The Labute approximate surface area is 108 Å². The van der Waals surface area contributed by atoms with Crippen molar-refractivity contribution in [2.45, 2.75) is 26.4 Å². The maximum absolute atomic E-state index is 13.9. The SMILES string of the molecule is CC(C)(C)Oc1ccc(C(N)=S)c(Br)c1F. The zero-order valence-electron chi connectivity index (χ0n) is 9.30. The van der Waals surface area contributed by atoms with Crippen molar-refractivity contribution < 1.29 is 9.13 Å². The molecule has 0 radical (unpaired) electrons. The highest BCUT2D eigenvalue weighted by Crippen LogP contribution is 2.30. The van der Waals surface area contributed by atoms with Gasteiger partial charge in [0.25, 0.3) is 0 Å². The third kappa shape index (κ3) is 3.15. The van der Waals surface area contributed by atoms with E-state index in [0.29, 0.717) is 5.56 Å². The second kappa shape index (κ2) is 4.67. The molecule has 0 amide bonds. The highest BCUT2D eigenvalue weighted by Gasteiger charge is 2.18. The summed E-state index contributed by atoms with van der Waals surface area (Å²) >= 11 is 7.92. The number of halogens is 2. The first-order valence-electron chi connectivity index (χ1n) is 4.69. The Morgan fingerprint density at radius 3 is 2.44 bits per heavy atom. The fourth-order valence-electron chi connectivity index (χ4n) is 1.13. The molecule has 0 aromatic heterocycles. The quantitative estimate of drug-likeness (QED) is 0.851. The van der Waals surface area contributed by atoms with Gasteiger partial charge < -0.3 is 10.5 Å². The zero-order chi connectivity index (χ0) is 12.5. The molecule has 0 saturated heterocycles. The Bertz CT molecular complexity index is 429. The molecule has 0 spiro atoms. The molecule has 5 heteroatoms. The number of nitrogens with two attached hydrogens (primary N) is 1. The van der Waals surface area contributed by atoms with Gasteiger partial charge in [-0.15, -0.1) is 0 Å². The Morgan fingerprint density at radius 2 is 2.00 bits per heavy atom. The summed E-state index contributed by atoms with van der Waals surface area (Å²) in [5.74, 6) is -0.306. The lowest BCUT2D eigenvalue weighted by molar-refractivity contribution is 0.124. The second-order valence-corrected chi connectivity index (χ2v) is 5.55. The molecule has 0 aliphatic carbocycles. The summed E-state index contributed by atoms with van der Waals surface area (Å²) in [7, 11) is 0. The van der Waals surface area contributed by atoms with Gasteiger partial charge in [-0.1, -0.05) is 12.2 Å². The largest absolute Gasteiger partial charge is 0.485 e. The van der Waals surface area contributed by atoms with Gasteiger partial charge in [-0.25, -0.2) is 4.39 Å². The van der Waals surface area contributed by atoms with Gasteiger partial charge in [0.15, 0.2) is 11.6 Å². The molecule has 88 valence electrons. The van der Waals surface area contributed by atoms with Crippen molar-refractivity contribution >= 4 is 33.1 Å². The minimum absolute atomic E-state index is 0.146. The minimum Gasteiger partial charge on any atom is -0.485 e. The predicted molar refractivity (Wildman–Crippen MR) is 70.4 cm³/mol. The van der Waals surface area contributed by atoms with Crippen molar-refractivity contribution in [2.75, 3.05) is 0 Å².